The van der Waals surface area contributed by atoms with E-state index in [1.807, 2.05) is 32.9 Å². The first-order chi connectivity index (χ1) is 6.70. The van der Waals surface area contributed by atoms with Crippen molar-refractivity contribution in [1.29, 1.82) is 0 Å². The molecule has 0 heterocycles. The second-order valence-corrected chi connectivity index (χ2v) is 2.94. The summed E-state index contributed by atoms with van der Waals surface area (Å²) in [5, 5.41) is 0. The maximum atomic E-state index is 11.0. The van der Waals surface area contributed by atoms with E-state index >= 15 is 0 Å². The highest BCUT2D eigenvalue weighted by atomic mass is 16.5. The predicted octanol–water partition coefficient (Wildman–Crippen LogP) is 3.02. The summed E-state index contributed by atoms with van der Waals surface area (Å²) in [7, 11) is 0. The lowest BCUT2D eigenvalue weighted by molar-refractivity contribution is -0.137. The Kier molecular flexibility index (Phi) is 7.52. The predicted molar refractivity (Wildman–Crippen MR) is 59.0 cm³/mol. The van der Waals surface area contributed by atoms with Crippen molar-refractivity contribution >= 4 is 5.97 Å². The highest BCUT2D eigenvalue weighted by molar-refractivity contribution is 5.82. The number of allylic oxidation sites excluding steroid dienone is 4. The average Bonchev–Trinajstić information content (AvgIpc) is 2.18. The molecule has 0 aliphatic heterocycles. The van der Waals surface area contributed by atoms with Crippen molar-refractivity contribution in [2.24, 2.45) is 0 Å². The lowest BCUT2D eigenvalue weighted by Gasteiger charge is -2.01. The Bertz CT molecular complexity index is 247. The Morgan fingerprint density at radius 3 is 2.57 bits per heavy atom. The van der Waals surface area contributed by atoms with Crippen LogP contribution in [0.2, 0.25) is 0 Å². The van der Waals surface area contributed by atoms with Gasteiger partial charge in [-0.3, -0.25) is 0 Å². The van der Waals surface area contributed by atoms with Crippen LogP contribution in [0.5, 0.6) is 0 Å². The van der Waals surface area contributed by atoms with Gasteiger partial charge in [0.2, 0.25) is 0 Å². The molecule has 0 fully saturated rings. The fraction of sp³-hybridized carbons (Fsp3) is 0.417. The molecule has 0 atom stereocenters. The van der Waals surface area contributed by atoms with E-state index in [9.17, 15) is 4.79 Å². The van der Waals surface area contributed by atoms with Crippen LogP contribution in [-0.2, 0) is 9.53 Å². The molecule has 0 rings (SSSR count). The van der Waals surface area contributed by atoms with E-state index in [-0.39, 0.29) is 5.97 Å². The van der Waals surface area contributed by atoms with Gasteiger partial charge in [0.1, 0.15) is 0 Å². The normalized spacial score (nSPS) is 12.6. The molecule has 0 radical (unpaired) electrons. The molecule has 0 saturated carbocycles. The highest BCUT2D eigenvalue weighted by Crippen LogP contribution is 1.99. The zero-order valence-corrected chi connectivity index (χ0v) is 9.12. The summed E-state index contributed by atoms with van der Waals surface area (Å²) in [6.07, 6.45) is 9.56. The van der Waals surface area contributed by atoms with Gasteiger partial charge in [0, 0.05) is 12.5 Å². The molecule has 0 aliphatic rings. The molecular formula is C12H18O2. The highest BCUT2D eigenvalue weighted by Gasteiger charge is 1.95. The van der Waals surface area contributed by atoms with Gasteiger partial charge in [-0.15, -0.1) is 0 Å². The summed E-state index contributed by atoms with van der Waals surface area (Å²) < 4.78 is 4.96. The average molecular weight is 194 g/mol. The smallest absolute Gasteiger partial charge is 0.330 e. The van der Waals surface area contributed by atoms with Gasteiger partial charge in [0.15, 0.2) is 0 Å². The molecule has 0 aromatic heterocycles. The first-order valence-corrected chi connectivity index (χ1v) is 4.78. The maximum absolute atomic E-state index is 11.0. The van der Waals surface area contributed by atoms with E-state index in [0.717, 1.165) is 6.42 Å². The number of esters is 1. The monoisotopic (exact) mass is 194 g/mol. The molecule has 0 unspecified atom stereocenters. The Morgan fingerprint density at radius 1 is 1.29 bits per heavy atom. The molecule has 2 nitrogen and oxygen atoms in total. The molecule has 0 bridgehead atoms. The molecule has 0 aromatic rings. The molecule has 0 amide bonds. The van der Waals surface area contributed by atoms with Crippen molar-refractivity contribution in [1.82, 2.24) is 0 Å². The molecule has 0 spiro atoms. The van der Waals surface area contributed by atoms with Crippen LogP contribution in [0.1, 0.15) is 27.2 Å². The summed E-state index contributed by atoms with van der Waals surface area (Å²) in [4.78, 5) is 11.0. The van der Waals surface area contributed by atoms with Crippen LogP contribution in [0.15, 0.2) is 36.0 Å². The Morgan fingerprint density at radius 2 is 2.00 bits per heavy atom. The van der Waals surface area contributed by atoms with Gasteiger partial charge in [0.25, 0.3) is 0 Å². The van der Waals surface area contributed by atoms with Crippen LogP contribution in [-0.4, -0.2) is 12.6 Å². The van der Waals surface area contributed by atoms with Crippen LogP contribution in [0.4, 0.5) is 0 Å². The van der Waals surface area contributed by atoms with Crippen LogP contribution in [0.25, 0.3) is 0 Å². The van der Waals surface area contributed by atoms with Gasteiger partial charge < -0.3 is 4.74 Å². The molecule has 0 aromatic carbocycles. The Hall–Kier alpha value is -1.31. The van der Waals surface area contributed by atoms with E-state index in [4.69, 9.17) is 4.74 Å². The van der Waals surface area contributed by atoms with Gasteiger partial charge in [-0.2, -0.15) is 0 Å². The van der Waals surface area contributed by atoms with Crippen LogP contribution in [0, 0.1) is 0 Å². The summed E-state index contributed by atoms with van der Waals surface area (Å²) in [6, 6.07) is 0. The van der Waals surface area contributed by atoms with Crippen LogP contribution >= 0.6 is 0 Å². The third-order valence-electron chi connectivity index (χ3n) is 1.77. The van der Waals surface area contributed by atoms with Gasteiger partial charge in [0.05, 0.1) is 6.61 Å². The van der Waals surface area contributed by atoms with Crippen LogP contribution < -0.4 is 0 Å². The largest absolute Gasteiger partial charge is 0.462 e. The second-order valence-electron chi connectivity index (χ2n) is 2.94. The lowest BCUT2D eigenvalue weighted by Crippen LogP contribution is -2.02. The Balaban J connectivity index is 3.65. The number of rotatable bonds is 5. The summed E-state index contributed by atoms with van der Waals surface area (Å²) in [6.45, 7) is 6.34. The topological polar surface area (TPSA) is 26.3 Å². The van der Waals surface area contributed by atoms with Gasteiger partial charge in [-0.25, -0.2) is 4.79 Å². The standard InChI is InChI=1S/C12H18O2/c1-4-6-7-8-12(13)14-10-9-11(3)5-2/h4-8H,9-10H2,1-3H3/b6-4+,8-7-,11-5-. The molecule has 78 valence electrons. The molecule has 0 N–H and O–H groups in total. The van der Waals surface area contributed by atoms with Crippen molar-refractivity contribution < 1.29 is 9.53 Å². The first kappa shape index (κ1) is 12.7. The van der Waals surface area contributed by atoms with E-state index in [2.05, 4.69) is 0 Å². The SMILES string of the molecule is C/C=C(/C)CCOC(=O)/C=C\C=C\C. The number of carbonyl (C=O) groups excluding carboxylic acids is 1. The fourth-order valence-corrected chi connectivity index (χ4v) is 0.750. The summed E-state index contributed by atoms with van der Waals surface area (Å²) >= 11 is 0. The van der Waals surface area contributed by atoms with Crippen molar-refractivity contribution in [3.8, 4) is 0 Å². The number of ether oxygens (including phenoxy) is 1. The molecule has 14 heavy (non-hydrogen) atoms. The van der Waals surface area contributed by atoms with Gasteiger partial charge in [-0.05, 0) is 20.8 Å². The maximum Gasteiger partial charge on any atom is 0.330 e. The van der Waals surface area contributed by atoms with Crippen molar-refractivity contribution in [2.75, 3.05) is 6.61 Å². The fourth-order valence-electron chi connectivity index (χ4n) is 0.750. The third kappa shape index (κ3) is 7.35. The zero-order chi connectivity index (χ0) is 10.8. The minimum absolute atomic E-state index is 0.285. The van der Waals surface area contributed by atoms with E-state index in [0.29, 0.717) is 6.61 Å². The summed E-state index contributed by atoms with van der Waals surface area (Å²) in [5.74, 6) is -0.285. The molecular weight excluding hydrogens is 176 g/mol. The quantitative estimate of drug-likeness (QED) is 0.291. The lowest BCUT2D eigenvalue weighted by atomic mass is 10.2. The Labute approximate surface area is 86.0 Å². The number of hydrogen-bond donors (Lipinski definition) is 0. The van der Waals surface area contributed by atoms with Crippen molar-refractivity contribution in [2.45, 2.75) is 27.2 Å². The number of carbonyl (C=O) groups is 1. The molecule has 0 aliphatic carbocycles. The first-order valence-electron chi connectivity index (χ1n) is 4.78. The van der Waals surface area contributed by atoms with E-state index < -0.39 is 0 Å². The second kappa shape index (κ2) is 8.30. The van der Waals surface area contributed by atoms with E-state index in [1.165, 1.54) is 11.6 Å². The third-order valence-corrected chi connectivity index (χ3v) is 1.77. The summed E-state index contributed by atoms with van der Waals surface area (Å²) in [5.41, 5.74) is 1.23. The van der Waals surface area contributed by atoms with Crippen LogP contribution in [0.3, 0.4) is 0 Å². The van der Waals surface area contributed by atoms with Crippen molar-refractivity contribution in [3.05, 3.63) is 36.0 Å². The minimum Gasteiger partial charge on any atom is -0.462 e. The molecule has 0 saturated heterocycles. The minimum atomic E-state index is -0.285. The molecule has 2 heteroatoms. The number of hydrogen-bond acceptors (Lipinski definition) is 2. The zero-order valence-electron chi connectivity index (χ0n) is 9.12. The van der Waals surface area contributed by atoms with E-state index in [1.54, 1.807) is 12.2 Å². The van der Waals surface area contributed by atoms with Gasteiger partial charge >= 0.3 is 5.97 Å². The van der Waals surface area contributed by atoms with Crippen molar-refractivity contribution in [3.63, 3.8) is 0 Å². The van der Waals surface area contributed by atoms with Gasteiger partial charge in [-0.1, -0.05) is 29.9 Å².